The largest absolute Gasteiger partial charge is 0.383 e. The Bertz CT molecular complexity index is 735. The van der Waals surface area contributed by atoms with E-state index in [1.807, 2.05) is 6.07 Å². The van der Waals surface area contributed by atoms with Crippen molar-refractivity contribution in [3.63, 3.8) is 0 Å². The van der Waals surface area contributed by atoms with E-state index in [2.05, 4.69) is 71.6 Å². The van der Waals surface area contributed by atoms with Gasteiger partial charge < -0.3 is 5.11 Å². The lowest BCUT2D eigenvalue weighted by Crippen LogP contribution is -2.50. The first-order chi connectivity index (χ1) is 13.3. The number of hydrogen-bond donors (Lipinski definition) is 1. The van der Waals surface area contributed by atoms with Crippen molar-refractivity contribution in [1.29, 1.82) is 0 Å². The van der Waals surface area contributed by atoms with Gasteiger partial charge in [0, 0.05) is 13.1 Å². The summed E-state index contributed by atoms with van der Waals surface area (Å²) in [6, 6.07) is 21.1. The van der Waals surface area contributed by atoms with Gasteiger partial charge >= 0.3 is 0 Å². The van der Waals surface area contributed by atoms with E-state index in [-0.39, 0.29) is 6.04 Å². The summed E-state index contributed by atoms with van der Waals surface area (Å²) in [5.74, 6) is 0.296. The fourth-order valence-corrected chi connectivity index (χ4v) is 5.14. The number of rotatable bonds is 5. The minimum atomic E-state index is -0.867. The molecule has 27 heavy (non-hydrogen) atoms. The van der Waals surface area contributed by atoms with Crippen LogP contribution in [0.5, 0.6) is 0 Å². The second-order valence-electron chi connectivity index (χ2n) is 8.09. The third-order valence-corrected chi connectivity index (χ3v) is 6.45. The number of aliphatic hydroxyl groups is 1. The van der Waals surface area contributed by atoms with Crippen LogP contribution in [0, 0.1) is 5.92 Å². The summed E-state index contributed by atoms with van der Waals surface area (Å²) in [5.41, 5.74) is 1.43. The molecule has 0 bridgehead atoms. The Hall–Kier alpha value is -1.90. The summed E-state index contributed by atoms with van der Waals surface area (Å²) in [7, 11) is 0. The highest BCUT2D eigenvalue weighted by molar-refractivity contribution is 5.32. The van der Waals surface area contributed by atoms with E-state index in [9.17, 15) is 5.11 Å². The smallest absolute Gasteiger partial charge is 0.112 e. The van der Waals surface area contributed by atoms with Crippen LogP contribution in [0.2, 0.25) is 0 Å². The van der Waals surface area contributed by atoms with Gasteiger partial charge in [0.15, 0.2) is 0 Å². The third kappa shape index (κ3) is 3.74. The molecule has 0 amide bonds. The summed E-state index contributed by atoms with van der Waals surface area (Å²) in [6.45, 7) is 1.90. The predicted molar refractivity (Wildman–Crippen MR) is 111 cm³/mol. The molecule has 1 fully saturated rings. The van der Waals surface area contributed by atoms with E-state index < -0.39 is 5.60 Å². The van der Waals surface area contributed by atoms with Gasteiger partial charge in [0.05, 0.1) is 6.04 Å². The van der Waals surface area contributed by atoms with Crippen molar-refractivity contribution in [2.75, 3.05) is 13.1 Å². The Morgan fingerprint density at radius 2 is 1.52 bits per heavy atom. The Morgan fingerprint density at radius 3 is 2.15 bits per heavy atom. The predicted octanol–water partition coefficient (Wildman–Crippen LogP) is 5.46. The van der Waals surface area contributed by atoms with Crippen molar-refractivity contribution in [2.45, 2.75) is 50.2 Å². The topological polar surface area (TPSA) is 23.5 Å². The molecule has 1 aliphatic heterocycles. The first kappa shape index (κ1) is 18.5. The zero-order valence-electron chi connectivity index (χ0n) is 16.1. The van der Waals surface area contributed by atoms with Crippen molar-refractivity contribution in [2.24, 2.45) is 5.92 Å². The Labute approximate surface area is 163 Å². The van der Waals surface area contributed by atoms with Gasteiger partial charge in [-0.2, -0.15) is 0 Å². The molecule has 4 rings (SSSR count). The van der Waals surface area contributed by atoms with Crippen LogP contribution in [-0.4, -0.2) is 23.1 Å². The molecule has 2 aliphatic rings. The van der Waals surface area contributed by atoms with E-state index >= 15 is 0 Å². The molecule has 1 saturated carbocycles. The van der Waals surface area contributed by atoms with Gasteiger partial charge in [-0.05, 0) is 36.3 Å². The molecule has 2 aromatic carbocycles. The van der Waals surface area contributed by atoms with Crippen LogP contribution >= 0.6 is 0 Å². The van der Waals surface area contributed by atoms with Crippen LogP contribution in [0.1, 0.15) is 55.7 Å². The molecule has 1 heterocycles. The highest BCUT2D eigenvalue weighted by Gasteiger charge is 2.48. The normalized spacial score (nSPS) is 22.3. The molecule has 142 valence electrons. The van der Waals surface area contributed by atoms with Crippen LogP contribution < -0.4 is 0 Å². The molecule has 2 nitrogen and oxygen atoms in total. The van der Waals surface area contributed by atoms with Gasteiger partial charge in [0.25, 0.3) is 0 Å². The number of hydrogen-bond acceptors (Lipinski definition) is 2. The van der Waals surface area contributed by atoms with E-state index in [1.165, 1.54) is 24.8 Å². The van der Waals surface area contributed by atoms with Crippen molar-refractivity contribution in [3.05, 3.63) is 83.9 Å². The Kier molecular flexibility index (Phi) is 5.75. The van der Waals surface area contributed by atoms with Crippen LogP contribution in [0.3, 0.4) is 0 Å². The van der Waals surface area contributed by atoms with Gasteiger partial charge in [0.1, 0.15) is 5.60 Å². The molecule has 0 saturated heterocycles. The van der Waals surface area contributed by atoms with Crippen LogP contribution in [-0.2, 0) is 5.60 Å². The molecular formula is C25H31NO. The fraction of sp³-hybridized carbons (Fsp3) is 0.440. The molecule has 2 unspecified atom stereocenters. The van der Waals surface area contributed by atoms with Gasteiger partial charge in [-0.15, -0.1) is 0 Å². The second-order valence-corrected chi connectivity index (χ2v) is 8.09. The van der Waals surface area contributed by atoms with Gasteiger partial charge in [-0.1, -0.05) is 92.1 Å². The standard InChI is InChI=1S/C25H31NO/c27-25(22-15-7-2-8-16-22,23-17-9-3-10-18-23)24(21-13-5-1-6-14-21)26-19-11-4-12-20-26/h1-2,4-8,11,13-16,23-24,27H,3,9-10,12,17-20H2. The van der Waals surface area contributed by atoms with E-state index in [1.54, 1.807) is 0 Å². The van der Waals surface area contributed by atoms with Crippen LogP contribution in [0.4, 0.5) is 0 Å². The molecule has 2 atom stereocenters. The highest BCUT2D eigenvalue weighted by Crippen LogP contribution is 2.49. The Balaban J connectivity index is 1.84. The summed E-state index contributed by atoms with van der Waals surface area (Å²) in [6.07, 6.45) is 11.5. The van der Waals surface area contributed by atoms with E-state index in [0.717, 1.165) is 37.9 Å². The van der Waals surface area contributed by atoms with Crippen molar-refractivity contribution in [1.82, 2.24) is 4.90 Å². The van der Waals surface area contributed by atoms with Gasteiger partial charge in [-0.25, -0.2) is 0 Å². The van der Waals surface area contributed by atoms with Crippen LogP contribution in [0.25, 0.3) is 0 Å². The maximum atomic E-state index is 12.5. The minimum Gasteiger partial charge on any atom is -0.383 e. The molecule has 1 N–H and O–H groups in total. The molecular weight excluding hydrogens is 330 g/mol. The Morgan fingerprint density at radius 1 is 0.852 bits per heavy atom. The monoisotopic (exact) mass is 361 g/mol. The highest BCUT2D eigenvalue weighted by atomic mass is 16.3. The maximum Gasteiger partial charge on any atom is 0.112 e. The lowest BCUT2D eigenvalue weighted by Gasteiger charge is -2.49. The summed E-state index contributed by atoms with van der Waals surface area (Å²) in [4.78, 5) is 2.48. The summed E-state index contributed by atoms with van der Waals surface area (Å²) in [5, 5.41) is 12.5. The summed E-state index contributed by atoms with van der Waals surface area (Å²) < 4.78 is 0. The van der Waals surface area contributed by atoms with Crippen LogP contribution in [0.15, 0.2) is 72.8 Å². The van der Waals surface area contributed by atoms with Gasteiger partial charge in [0.2, 0.25) is 0 Å². The molecule has 1 aliphatic carbocycles. The number of nitrogens with zero attached hydrogens (tertiary/aromatic N) is 1. The quantitative estimate of drug-likeness (QED) is 0.715. The SMILES string of the molecule is OC(c1ccccc1)(C1CCCCC1)C(c1ccccc1)N1CC=CCC1. The molecule has 0 spiro atoms. The summed E-state index contributed by atoms with van der Waals surface area (Å²) >= 11 is 0. The second kappa shape index (κ2) is 8.41. The van der Waals surface area contributed by atoms with E-state index in [0.29, 0.717) is 5.92 Å². The van der Waals surface area contributed by atoms with Crippen molar-refractivity contribution in [3.8, 4) is 0 Å². The molecule has 0 radical (unpaired) electrons. The van der Waals surface area contributed by atoms with Crippen molar-refractivity contribution >= 4 is 0 Å². The third-order valence-electron chi connectivity index (χ3n) is 6.45. The molecule has 2 aromatic rings. The zero-order chi connectivity index (χ0) is 18.5. The molecule has 0 aromatic heterocycles. The minimum absolute atomic E-state index is 0.0193. The zero-order valence-corrected chi connectivity index (χ0v) is 16.1. The lowest BCUT2D eigenvalue weighted by atomic mass is 9.67. The number of benzene rings is 2. The first-order valence-electron chi connectivity index (χ1n) is 10.5. The van der Waals surface area contributed by atoms with Gasteiger partial charge in [-0.3, -0.25) is 4.90 Å². The fourth-order valence-electron chi connectivity index (χ4n) is 5.14. The van der Waals surface area contributed by atoms with E-state index in [4.69, 9.17) is 0 Å². The van der Waals surface area contributed by atoms with Crippen molar-refractivity contribution < 1.29 is 5.11 Å². The average molecular weight is 362 g/mol. The maximum absolute atomic E-state index is 12.5. The average Bonchev–Trinajstić information content (AvgIpc) is 2.76. The first-order valence-corrected chi connectivity index (χ1v) is 10.5. The molecule has 2 heteroatoms. The lowest BCUT2D eigenvalue weighted by molar-refractivity contribution is -0.107.